The van der Waals surface area contributed by atoms with Gasteiger partial charge >= 0.3 is 11.9 Å². The van der Waals surface area contributed by atoms with E-state index >= 15 is 0 Å². The lowest BCUT2D eigenvalue weighted by Crippen LogP contribution is -2.32. The van der Waals surface area contributed by atoms with E-state index in [9.17, 15) is 19.0 Å². The summed E-state index contributed by atoms with van der Waals surface area (Å²) in [5.74, 6) is -1.92. The summed E-state index contributed by atoms with van der Waals surface area (Å²) in [5.41, 5.74) is -1.36. The zero-order valence-electron chi connectivity index (χ0n) is 17.0. The number of benzene rings is 1. The molecule has 6 nitrogen and oxygen atoms in total. The third-order valence-corrected chi connectivity index (χ3v) is 5.53. The molecular weight excluding hydrogens is 367 g/mol. The lowest BCUT2D eigenvalue weighted by atomic mass is 10.0. The SMILES string of the molecule is CC(C)(C)OC(=O)CCC(CP(=O)(O)c1ccccc1)C(=O)OC(C)(C)C. The molecule has 2 unspecified atom stereocenters. The zero-order chi connectivity index (χ0) is 20.9. The lowest BCUT2D eigenvalue weighted by Gasteiger charge is -2.25. The monoisotopic (exact) mass is 398 g/mol. The van der Waals surface area contributed by atoms with Gasteiger partial charge in [-0.05, 0) is 60.1 Å². The second-order valence-corrected chi connectivity index (χ2v) is 10.9. The maximum absolute atomic E-state index is 12.8. The number of hydrogen-bond acceptors (Lipinski definition) is 5. The van der Waals surface area contributed by atoms with Gasteiger partial charge in [0.1, 0.15) is 11.2 Å². The Hall–Kier alpha value is -1.65. The van der Waals surface area contributed by atoms with Gasteiger partial charge in [0.25, 0.3) is 0 Å². The molecule has 0 radical (unpaired) electrons. The van der Waals surface area contributed by atoms with E-state index in [1.807, 2.05) is 0 Å². The summed E-state index contributed by atoms with van der Waals surface area (Å²) in [6.07, 6.45) is -0.230. The van der Waals surface area contributed by atoms with Gasteiger partial charge in [-0.25, -0.2) is 0 Å². The van der Waals surface area contributed by atoms with E-state index in [0.717, 1.165) is 0 Å². The first-order valence-electron chi connectivity index (χ1n) is 9.02. The van der Waals surface area contributed by atoms with Crippen LogP contribution in [0.3, 0.4) is 0 Å². The van der Waals surface area contributed by atoms with Crippen molar-refractivity contribution >= 4 is 24.6 Å². The largest absolute Gasteiger partial charge is 0.460 e. The smallest absolute Gasteiger partial charge is 0.310 e. The fourth-order valence-electron chi connectivity index (χ4n) is 2.42. The molecule has 0 saturated carbocycles. The summed E-state index contributed by atoms with van der Waals surface area (Å²) in [5, 5.41) is 0.274. The van der Waals surface area contributed by atoms with Gasteiger partial charge in [-0.15, -0.1) is 0 Å². The minimum Gasteiger partial charge on any atom is -0.460 e. The van der Waals surface area contributed by atoms with Crippen LogP contribution in [0.15, 0.2) is 30.3 Å². The van der Waals surface area contributed by atoms with Crippen molar-refractivity contribution in [3.63, 3.8) is 0 Å². The van der Waals surface area contributed by atoms with Gasteiger partial charge in [0.05, 0.1) is 5.92 Å². The zero-order valence-corrected chi connectivity index (χ0v) is 17.9. The number of esters is 2. The fourth-order valence-corrected chi connectivity index (χ4v) is 4.20. The highest BCUT2D eigenvalue weighted by atomic mass is 31.2. The Morgan fingerprint density at radius 1 is 1.00 bits per heavy atom. The predicted octanol–water partition coefficient (Wildman–Crippen LogP) is 3.66. The Balaban J connectivity index is 2.92. The van der Waals surface area contributed by atoms with Crippen molar-refractivity contribution in [2.75, 3.05) is 6.16 Å². The summed E-state index contributed by atoms with van der Waals surface area (Å²) in [6.45, 7) is 10.5. The molecule has 0 saturated heterocycles. The number of rotatable bonds is 7. The van der Waals surface area contributed by atoms with Crippen molar-refractivity contribution in [2.45, 2.75) is 65.6 Å². The molecule has 0 aromatic heterocycles. The molecular formula is C20H31O6P. The number of ether oxygens (including phenoxy) is 2. The van der Waals surface area contributed by atoms with Gasteiger partial charge in [0.2, 0.25) is 7.37 Å². The highest BCUT2D eigenvalue weighted by molar-refractivity contribution is 7.66. The van der Waals surface area contributed by atoms with Gasteiger partial charge in [-0.3, -0.25) is 14.2 Å². The van der Waals surface area contributed by atoms with E-state index in [0.29, 0.717) is 0 Å². The van der Waals surface area contributed by atoms with Crippen molar-refractivity contribution < 1.29 is 28.5 Å². The second-order valence-electron chi connectivity index (χ2n) is 8.58. The van der Waals surface area contributed by atoms with Gasteiger partial charge in [-0.2, -0.15) is 0 Å². The third-order valence-electron chi connectivity index (χ3n) is 3.48. The van der Waals surface area contributed by atoms with E-state index in [4.69, 9.17) is 9.47 Å². The summed E-state index contributed by atoms with van der Waals surface area (Å²) < 4.78 is 23.5. The number of carbonyl (C=O) groups excluding carboxylic acids is 2. The van der Waals surface area contributed by atoms with Crippen LogP contribution >= 0.6 is 7.37 Å². The molecule has 7 heteroatoms. The molecule has 0 aliphatic rings. The van der Waals surface area contributed by atoms with Crippen molar-refractivity contribution in [2.24, 2.45) is 5.92 Å². The van der Waals surface area contributed by atoms with Crippen LogP contribution in [-0.4, -0.2) is 34.2 Å². The van der Waals surface area contributed by atoms with E-state index in [1.165, 1.54) is 0 Å². The number of carbonyl (C=O) groups is 2. The van der Waals surface area contributed by atoms with E-state index in [2.05, 4.69) is 0 Å². The summed E-state index contributed by atoms with van der Waals surface area (Å²) in [4.78, 5) is 35.0. The molecule has 27 heavy (non-hydrogen) atoms. The molecule has 0 aliphatic heterocycles. The molecule has 0 amide bonds. The van der Waals surface area contributed by atoms with E-state index in [1.54, 1.807) is 71.9 Å². The average molecular weight is 398 g/mol. The minimum absolute atomic E-state index is 0.0318. The van der Waals surface area contributed by atoms with Gasteiger partial charge in [0, 0.05) is 17.9 Å². The Kier molecular flexibility index (Phi) is 7.82. The standard InChI is InChI=1S/C20H31O6P/c1-19(2,3)25-17(21)13-12-15(18(22)26-20(4,5)6)14-27(23,24)16-10-8-7-9-11-16/h7-11,15H,12-14H2,1-6H3,(H,23,24). The second kappa shape index (κ2) is 9.03. The van der Waals surface area contributed by atoms with Crippen molar-refractivity contribution in [1.82, 2.24) is 0 Å². The van der Waals surface area contributed by atoms with E-state index in [-0.39, 0.29) is 24.3 Å². The molecule has 0 heterocycles. The molecule has 1 aromatic carbocycles. The normalized spacial score (nSPS) is 15.5. The Morgan fingerprint density at radius 3 is 2.00 bits per heavy atom. The third kappa shape index (κ3) is 9.21. The molecule has 1 N–H and O–H groups in total. The van der Waals surface area contributed by atoms with Crippen molar-refractivity contribution in [3.8, 4) is 0 Å². The first kappa shape index (κ1) is 23.4. The van der Waals surface area contributed by atoms with Gasteiger partial charge < -0.3 is 14.4 Å². The molecule has 0 spiro atoms. The Morgan fingerprint density at radius 2 is 1.52 bits per heavy atom. The van der Waals surface area contributed by atoms with Crippen molar-refractivity contribution in [3.05, 3.63) is 30.3 Å². The van der Waals surface area contributed by atoms with Crippen LogP contribution in [0.25, 0.3) is 0 Å². The maximum atomic E-state index is 12.8. The lowest BCUT2D eigenvalue weighted by molar-refractivity contribution is -0.160. The molecule has 0 fully saturated rings. The van der Waals surface area contributed by atoms with Gasteiger partial charge in [0.15, 0.2) is 0 Å². The Bertz CT molecular complexity index is 685. The van der Waals surface area contributed by atoms with Crippen LogP contribution < -0.4 is 5.30 Å². The van der Waals surface area contributed by atoms with Gasteiger partial charge in [-0.1, -0.05) is 18.2 Å². The fraction of sp³-hybridized carbons (Fsp3) is 0.600. The summed E-state index contributed by atoms with van der Waals surface area (Å²) in [7, 11) is -3.77. The first-order valence-corrected chi connectivity index (χ1v) is 10.9. The van der Waals surface area contributed by atoms with Crippen LogP contribution in [0.2, 0.25) is 0 Å². The first-order chi connectivity index (χ1) is 12.2. The van der Waals surface area contributed by atoms with Crippen LogP contribution in [0.1, 0.15) is 54.4 Å². The summed E-state index contributed by atoms with van der Waals surface area (Å²) >= 11 is 0. The molecule has 152 valence electrons. The molecule has 0 bridgehead atoms. The average Bonchev–Trinajstić information content (AvgIpc) is 2.48. The molecule has 0 aliphatic carbocycles. The molecule has 2 atom stereocenters. The highest BCUT2D eigenvalue weighted by Crippen LogP contribution is 2.42. The molecule has 1 rings (SSSR count). The maximum Gasteiger partial charge on any atom is 0.310 e. The highest BCUT2D eigenvalue weighted by Gasteiger charge is 2.34. The predicted molar refractivity (Wildman–Crippen MR) is 105 cm³/mol. The van der Waals surface area contributed by atoms with Crippen LogP contribution in [0.4, 0.5) is 0 Å². The quantitative estimate of drug-likeness (QED) is 0.557. The topological polar surface area (TPSA) is 89.9 Å². The minimum atomic E-state index is -3.77. The van der Waals surface area contributed by atoms with Crippen molar-refractivity contribution in [1.29, 1.82) is 0 Å². The molecule has 1 aromatic rings. The number of hydrogen-bond donors (Lipinski definition) is 1. The van der Waals surface area contributed by atoms with Crippen LogP contribution in [0.5, 0.6) is 0 Å². The van der Waals surface area contributed by atoms with E-state index < -0.39 is 36.4 Å². The summed E-state index contributed by atoms with van der Waals surface area (Å²) in [6, 6.07) is 8.20. The van der Waals surface area contributed by atoms with Crippen LogP contribution in [-0.2, 0) is 23.6 Å². The van der Waals surface area contributed by atoms with Crippen LogP contribution in [0, 0.1) is 5.92 Å². The Labute approximate surface area is 161 Å².